The van der Waals surface area contributed by atoms with Gasteiger partial charge in [0.25, 0.3) is 0 Å². The van der Waals surface area contributed by atoms with Crippen LogP contribution < -0.4 is 10.6 Å². The molecule has 2 aliphatic heterocycles. The first-order valence-corrected chi connectivity index (χ1v) is 11.5. The van der Waals surface area contributed by atoms with E-state index < -0.39 is 0 Å². The third-order valence-corrected chi connectivity index (χ3v) is 7.87. The van der Waals surface area contributed by atoms with Gasteiger partial charge in [0.15, 0.2) is 0 Å². The summed E-state index contributed by atoms with van der Waals surface area (Å²) in [6.07, 6.45) is 7.77. The molecule has 5 rings (SSSR count). The van der Waals surface area contributed by atoms with E-state index in [0.717, 1.165) is 74.3 Å². The minimum Gasteiger partial charge on any atom is -0.368 e. The van der Waals surface area contributed by atoms with Crippen LogP contribution in [0.1, 0.15) is 55.3 Å². The van der Waals surface area contributed by atoms with Crippen LogP contribution in [0, 0.1) is 5.92 Å². The molecule has 7 heteroatoms. The molecule has 28 heavy (non-hydrogen) atoms. The molecule has 2 aromatic rings. The molecule has 0 spiro atoms. The van der Waals surface area contributed by atoms with Crippen molar-refractivity contribution in [2.75, 3.05) is 24.5 Å². The Morgan fingerprint density at radius 1 is 1.14 bits per heavy atom. The molecule has 4 heterocycles. The van der Waals surface area contributed by atoms with Gasteiger partial charge in [-0.2, -0.15) is 0 Å². The predicted molar refractivity (Wildman–Crippen MR) is 113 cm³/mol. The molecule has 6 nitrogen and oxygen atoms in total. The van der Waals surface area contributed by atoms with Crippen molar-refractivity contribution in [1.82, 2.24) is 14.9 Å². The largest absolute Gasteiger partial charge is 0.368 e. The number of fused-ring (bicyclic) bond motifs is 3. The van der Waals surface area contributed by atoms with Gasteiger partial charge in [0.05, 0.1) is 11.9 Å². The highest BCUT2D eigenvalue weighted by Gasteiger charge is 2.34. The number of carbonyl (C=O) groups is 1. The second-order valence-electron chi connectivity index (χ2n) is 8.71. The van der Waals surface area contributed by atoms with Gasteiger partial charge >= 0.3 is 0 Å². The Bertz CT molecular complexity index is 902. The van der Waals surface area contributed by atoms with Crippen LogP contribution in [0.25, 0.3) is 10.2 Å². The van der Waals surface area contributed by atoms with Gasteiger partial charge in [-0.05, 0) is 69.5 Å². The number of carbonyl (C=O) groups excluding carboxylic acids is 1. The molecule has 0 radical (unpaired) electrons. The van der Waals surface area contributed by atoms with E-state index in [1.165, 1.54) is 35.1 Å². The average molecular weight is 400 g/mol. The van der Waals surface area contributed by atoms with Crippen LogP contribution in [0.15, 0.2) is 0 Å². The Labute approximate surface area is 170 Å². The maximum Gasteiger partial charge on any atom is 0.240 e. The molecule has 2 N–H and O–H groups in total. The number of aromatic nitrogens is 2. The molecule has 1 amide bonds. The monoisotopic (exact) mass is 399 g/mol. The van der Waals surface area contributed by atoms with Crippen molar-refractivity contribution in [1.29, 1.82) is 0 Å². The number of nitrogens with zero attached hydrogens (tertiary/aromatic N) is 4. The van der Waals surface area contributed by atoms with Crippen molar-refractivity contribution in [3.05, 3.63) is 16.3 Å². The summed E-state index contributed by atoms with van der Waals surface area (Å²) in [5, 5.41) is 1.20. The zero-order valence-electron chi connectivity index (χ0n) is 16.6. The fourth-order valence-corrected chi connectivity index (χ4v) is 6.31. The number of aryl methyl sites for hydroxylation is 2. The van der Waals surface area contributed by atoms with Gasteiger partial charge in [-0.1, -0.05) is 6.92 Å². The molecule has 0 bridgehead atoms. The molecule has 150 valence electrons. The summed E-state index contributed by atoms with van der Waals surface area (Å²) in [7, 11) is 0. The number of hydrogen-bond acceptors (Lipinski definition) is 6. The molecule has 0 aromatic carbocycles. The number of anilines is 1. The number of thiophene rings is 1. The molecular formula is C21H29N5OS. The van der Waals surface area contributed by atoms with Crippen molar-refractivity contribution < 1.29 is 4.79 Å². The van der Waals surface area contributed by atoms with Gasteiger partial charge in [-0.3, -0.25) is 9.69 Å². The molecule has 3 aliphatic rings. The first kappa shape index (κ1) is 18.3. The number of piperidine rings is 1. The summed E-state index contributed by atoms with van der Waals surface area (Å²) in [5.41, 5.74) is 7.15. The summed E-state index contributed by atoms with van der Waals surface area (Å²) in [6.45, 7) is 6.22. The minimum absolute atomic E-state index is 0.234. The van der Waals surface area contributed by atoms with Crippen LogP contribution >= 0.6 is 11.3 Å². The first-order chi connectivity index (χ1) is 13.6. The lowest BCUT2D eigenvalue weighted by Gasteiger charge is -2.30. The van der Waals surface area contributed by atoms with E-state index in [2.05, 4.69) is 16.7 Å². The number of nitrogens with two attached hydrogens (primary N) is 1. The van der Waals surface area contributed by atoms with E-state index in [0.29, 0.717) is 0 Å². The lowest BCUT2D eigenvalue weighted by Crippen LogP contribution is -2.41. The lowest BCUT2D eigenvalue weighted by atomic mass is 9.99. The normalized spacial score (nSPS) is 23.6. The fourth-order valence-electron chi connectivity index (χ4n) is 5.03. The molecule has 2 saturated heterocycles. The predicted octanol–water partition coefficient (Wildman–Crippen LogP) is 2.87. The third kappa shape index (κ3) is 3.18. The third-order valence-electron chi connectivity index (χ3n) is 6.69. The van der Waals surface area contributed by atoms with E-state index in [-0.39, 0.29) is 11.9 Å². The zero-order valence-corrected chi connectivity index (χ0v) is 17.4. The Hall–Kier alpha value is -1.73. The Balaban J connectivity index is 1.55. The lowest BCUT2D eigenvalue weighted by molar-refractivity contribution is -0.119. The van der Waals surface area contributed by atoms with Crippen molar-refractivity contribution in [3.63, 3.8) is 0 Å². The van der Waals surface area contributed by atoms with Crippen LogP contribution in [0.2, 0.25) is 0 Å². The van der Waals surface area contributed by atoms with E-state index >= 15 is 0 Å². The Kier molecular flexibility index (Phi) is 4.75. The van der Waals surface area contributed by atoms with Crippen molar-refractivity contribution in [2.45, 2.75) is 64.5 Å². The average Bonchev–Trinajstić information content (AvgIpc) is 3.38. The molecule has 1 aliphatic carbocycles. The molecule has 0 unspecified atom stereocenters. The van der Waals surface area contributed by atoms with Crippen LogP contribution in [0.5, 0.6) is 0 Å². The van der Waals surface area contributed by atoms with Gasteiger partial charge in [0, 0.05) is 11.4 Å². The molecule has 2 fully saturated rings. The highest BCUT2D eigenvalue weighted by molar-refractivity contribution is 7.19. The van der Waals surface area contributed by atoms with E-state index in [4.69, 9.17) is 15.7 Å². The van der Waals surface area contributed by atoms with E-state index in [1.54, 1.807) is 0 Å². The zero-order chi connectivity index (χ0) is 19.3. The van der Waals surface area contributed by atoms with Crippen LogP contribution in [0.4, 0.5) is 5.82 Å². The van der Waals surface area contributed by atoms with Gasteiger partial charge in [0.1, 0.15) is 22.5 Å². The summed E-state index contributed by atoms with van der Waals surface area (Å²) in [5.74, 6) is 2.44. The number of primary amides is 1. The molecule has 0 saturated carbocycles. The smallest absolute Gasteiger partial charge is 0.240 e. The van der Waals surface area contributed by atoms with Gasteiger partial charge < -0.3 is 10.6 Å². The fraction of sp³-hybridized carbons (Fsp3) is 0.667. The van der Waals surface area contributed by atoms with E-state index in [9.17, 15) is 4.79 Å². The van der Waals surface area contributed by atoms with Crippen LogP contribution in [0.3, 0.4) is 0 Å². The Morgan fingerprint density at radius 3 is 2.75 bits per heavy atom. The SMILES string of the molecule is CC1CCN(Cc2nc(N3CCC[C@@H]3C(N)=O)c3c4c(sc3n2)CCC4)CC1. The summed E-state index contributed by atoms with van der Waals surface area (Å²) >= 11 is 1.83. The maximum atomic E-state index is 12.1. The second-order valence-corrected chi connectivity index (χ2v) is 9.80. The summed E-state index contributed by atoms with van der Waals surface area (Å²) in [4.78, 5) is 29.3. The second kappa shape index (κ2) is 7.26. The minimum atomic E-state index is -0.237. The van der Waals surface area contributed by atoms with Gasteiger partial charge in [-0.25, -0.2) is 9.97 Å². The van der Waals surface area contributed by atoms with Gasteiger partial charge in [0.2, 0.25) is 5.91 Å². The number of rotatable bonds is 4. The number of hydrogen-bond donors (Lipinski definition) is 1. The Morgan fingerprint density at radius 2 is 1.96 bits per heavy atom. The number of amides is 1. The topological polar surface area (TPSA) is 75.3 Å². The number of likely N-dealkylation sites (tertiary alicyclic amines) is 1. The molecule has 2 aromatic heterocycles. The molecular weight excluding hydrogens is 370 g/mol. The van der Waals surface area contributed by atoms with Crippen molar-refractivity contribution >= 4 is 33.3 Å². The van der Waals surface area contributed by atoms with Crippen LogP contribution in [-0.2, 0) is 24.2 Å². The maximum absolute atomic E-state index is 12.1. The van der Waals surface area contributed by atoms with Crippen LogP contribution in [-0.4, -0.2) is 46.5 Å². The van der Waals surface area contributed by atoms with Gasteiger partial charge in [-0.15, -0.1) is 11.3 Å². The van der Waals surface area contributed by atoms with E-state index in [1.807, 2.05) is 11.3 Å². The highest BCUT2D eigenvalue weighted by Crippen LogP contribution is 2.42. The highest BCUT2D eigenvalue weighted by atomic mass is 32.1. The standard InChI is InChI=1S/C21H29N5OS/c1-13-7-10-25(11-8-13)12-17-23-20(26-9-3-5-15(26)19(22)27)18-14-4-2-6-16(14)28-21(18)24-17/h13,15H,2-12H2,1H3,(H2,22,27)/t15-/m1/s1. The summed E-state index contributed by atoms with van der Waals surface area (Å²) in [6, 6.07) is -0.237. The first-order valence-electron chi connectivity index (χ1n) is 10.7. The van der Waals surface area contributed by atoms with Crippen molar-refractivity contribution in [3.8, 4) is 0 Å². The van der Waals surface area contributed by atoms with Crippen molar-refractivity contribution in [2.24, 2.45) is 11.7 Å². The molecule has 1 atom stereocenters. The quantitative estimate of drug-likeness (QED) is 0.856. The summed E-state index contributed by atoms with van der Waals surface area (Å²) < 4.78 is 0.